The fourth-order valence-corrected chi connectivity index (χ4v) is 4.49. The molecular weight excluding hydrogens is 350 g/mol. The van der Waals surface area contributed by atoms with Crippen molar-refractivity contribution in [3.63, 3.8) is 0 Å². The molecule has 4 heteroatoms. The van der Waals surface area contributed by atoms with Crippen LogP contribution in [0.1, 0.15) is 59.3 Å². The Balaban J connectivity index is 1.41. The topological polar surface area (TPSA) is 52.9 Å². The number of nitrogens with zero attached hydrogens (tertiary/aromatic N) is 1. The molecule has 1 saturated heterocycles. The molecule has 1 fully saturated rings. The molecular formula is C24H31NO3. The van der Waals surface area contributed by atoms with E-state index >= 15 is 0 Å². The maximum Gasteiger partial charge on any atom is 0.126 e. The van der Waals surface area contributed by atoms with E-state index < -0.39 is 12.2 Å². The van der Waals surface area contributed by atoms with Crippen LogP contribution in [0, 0.1) is 20.8 Å². The summed E-state index contributed by atoms with van der Waals surface area (Å²) in [4.78, 5) is 2.31. The van der Waals surface area contributed by atoms with Crippen molar-refractivity contribution in [1.29, 1.82) is 0 Å². The van der Waals surface area contributed by atoms with Crippen molar-refractivity contribution in [3.8, 4) is 5.75 Å². The van der Waals surface area contributed by atoms with Crippen LogP contribution in [0.4, 0.5) is 0 Å². The average Bonchev–Trinajstić information content (AvgIpc) is 2.66. The Kier molecular flexibility index (Phi) is 5.21. The number of benzene rings is 2. The first-order valence-electron chi connectivity index (χ1n) is 10.3. The molecule has 4 nitrogen and oxygen atoms in total. The van der Waals surface area contributed by atoms with Crippen molar-refractivity contribution < 1.29 is 14.9 Å². The highest BCUT2D eigenvalue weighted by atomic mass is 16.5. The smallest absolute Gasteiger partial charge is 0.126 e. The number of fused-ring (bicyclic) bond motifs is 1. The van der Waals surface area contributed by atoms with E-state index in [0.717, 1.165) is 42.8 Å². The molecule has 0 aliphatic carbocycles. The van der Waals surface area contributed by atoms with Crippen molar-refractivity contribution in [2.75, 3.05) is 19.6 Å². The highest BCUT2D eigenvalue weighted by Crippen LogP contribution is 2.45. The number of aryl methyl sites for hydroxylation is 3. The molecule has 4 rings (SSSR count). The van der Waals surface area contributed by atoms with Crippen molar-refractivity contribution in [3.05, 3.63) is 64.2 Å². The van der Waals surface area contributed by atoms with Crippen LogP contribution in [0.5, 0.6) is 5.75 Å². The number of β-amino-alcohol motifs (C(OH)–C–C–N with tert-alkyl or cyclic N) is 1. The first-order valence-corrected chi connectivity index (χ1v) is 10.3. The lowest BCUT2D eigenvalue weighted by Crippen LogP contribution is -2.51. The van der Waals surface area contributed by atoms with E-state index in [2.05, 4.69) is 37.8 Å². The van der Waals surface area contributed by atoms with E-state index in [-0.39, 0.29) is 5.60 Å². The van der Waals surface area contributed by atoms with Gasteiger partial charge in [-0.1, -0.05) is 29.8 Å². The van der Waals surface area contributed by atoms with Gasteiger partial charge in [-0.3, -0.25) is 0 Å². The Morgan fingerprint density at radius 2 is 1.71 bits per heavy atom. The monoisotopic (exact) mass is 381 g/mol. The molecule has 2 aliphatic heterocycles. The standard InChI is InChI=1S/C24H31NO3/c1-16-4-6-19(7-5-16)22(27)15-25-10-8-24(9-11-25)14-21(26)20-12-17(2)18(3)13-23(20)28-24/h4-7,12-13,21-22,26-27H,8-11,14-15H2,1-3H3/t21-,22+/m1/s1. The molecule has 2 N–H and O–H groups in total. The normalized spacial score (nSPS) is 22.5. The second-order valence-electron chi connectivity index (χ2n) is 8.71. The lowest BCUT2D eigenvalue weighted by atomic mass is 9.81. The summed E-state index contributed by atoms with van der Waals surface area (Å²) in [5, 5.41) is 21.3. The second kappa shape index (κ2) is 7.51. The van der Waals surface area contributed by atoms with Gasteiger partial charge in [-0.25, -0.2) is 0 Å². The third-order valence-corrected chi connectivity index (χ3v) is 6.54. The van der Waals surface area contributed by atoms with Gasteiger partial charge < -0.3 is 19.8 Å². The molecule has 0 aromatic heterocycles. The molecule has 0 bridgehead atoms. The number of hydrogen-bond acceptors (Lipinski definition) is 4. The lowest BCUT2D eigenvalue weighted by Gasteiger charge is -2.46. The molecule has 1 spiro atoms. The highest BCUT2D eigenvalue weighted by Gasteiger charge is 2.43. The average molecular weight is 382 g/mol. The highest BCUT2D eigenvalue weighted by molar-refractivity contribution is 5.45. The van der Waals surface area contributed by atoms with E-state index in [1.165, 1.54) is 16.7 Å². The molecule has 0 unspecified atom stereocenters. The molecule has 150 valence electrons. The zero-order chi connectivity index (χ0) is 19.9. The van der Waals surface area contributed by atoms with E-state index in [1.54, 1.807) is 0 Å². The second-order valence-corrected chi connectivity index (χ2v) is 8.71. The largest absolute Gasteiger partial charge is 0.487 e. The summed E-state index contributed by atoms with van der Waals surface area (Å²) in [6, 6.07) is 12.2. The molecule has 0 radical (unpaired) electrons. The van der Waals surface area contributed by atoms with Crippen LogP contribution in [0.3, 0.4) is 0 Å². The third-order valence-electron chi connectivity index (χ3n) is 6.54. The minimum Gasteiger partial charge on any atom is -0.487 e. The van der Waals surface area contributed by atoms with Crippen molar-refractivity contribution in [2.24, 2.45) is 0 Å². The molecule has 2 atom stereocenters. The Bertz CT molecular complexity index is 838. The number of aliphatic hydroxyl groups is 2. The van der Waals surface area contributed by atoms with Gasteiger partial charge in [0.25, 0.3) is 0 Å². The summed E-state index contributed by atoms with van der Waals surface area (Å²) in [5.74, 6) is 0.843. The number of rotatable bonds is 3. The van der Waals surface area contributed by atoms with E-state index in [0.29, 0.717) is 13.0 Å². The SMILES string of the molecule is Cc1ccc([C@@H](O)CN2CCC3(CC2)C[C@@H](O)c2cc(C)c(C)cc2O3)cc1. The van der Waals surface area contributed by atoms with Crippen molar-refractivity contribution >= 4 is 0 Å². The van der Waals surface area contributed by atoms with Crippen LogP contribution in [-0.4, -0.2) is 40.3 Å². The summed E-state index contributed by atoms with van der Waals surface area (Å²) in [7, 11) is 0. The maximum absolute atomic E-state index is 10.7. The quantitative estimate of drug-likeness (QED) is 0.844. The van der Waals surface area contributed by atoms with E-state index in [1.807, 2.05) is 24.3 Å². The Labute approximate surface area is 167 Å². The Hall–Kier alpha value is -1.88. The van der Waals surface area contributed by atoms with Crippen LogP contribution >= 0.6 is 0 Å². The zero-order valence-corrected chi connectivity index (χ0v) is 17.1. The lowest BCUT2D eigenvalue weighted by molar-refractivity contribution is -0.0588. The Morgan fingerprint density at radius 3 is 2.39 bits per heavy atom. The molecule has 0 amide bonds. The number of likely N-dealkylation sites (tertiary alicyclic amines) is 1. The van der Waals surface area contributed by atoms with Gasteiger partial charge in [0, 0.05) is 31.6 Å². The number of piperidine rings is 1. The zero-order valence-electron chi connectivity index (χ0n) is 17.1. The van der Waals surface area contributed by atoms with Gasteiger partial charge in [-0.15, -0.1) is 0 Å². The minimum absolute atomic E-state index is 0.292. The van der Waals surface area contributed by atoms with Crippen LogP contribution in [-0.2, 0) is 0 Å². The fourth-order valence-electron chi connectivity index (χ4n) is 4.49. The molecule has 2 aliphatic rings. The summed E-state index contributed by atoms with van der Waals surface area (Å²) in [6.45, 7) is 8.59. The van der Waals surface area contributed by atoms with Crippen molar-refractivity contribution in [2.45, 2.75) is 57.8 Å². The van der Waals surface area contributed by atoms with Crippen LogP contribution < -0.4 is 4.74 Å². The number of ether oxygens (including phenoxy) is 1. The number of aliphatic hydroxyl groups excluding tert-OH is 2. The maximum atomic E-state index is 10.7. The summed E-state index contributed by atoms with van der Waals surface area (Å²) in [5.41, 5.74) is 5.19. The fraction of sp³-hybridized carbons (Fsp3) is 0.500. The molecule has 28 heavy (non-hydrogen) atoms. The molecule has 2 aromatic rings. The van der Waals surface area contributed by atoms with E-state index in [4.69, 9.17) is 4.74 Å². The summed E-state index contributed by atoms with van der Waals surface area (Å²) >= 11 is 0. The predicted molar refractivity (Wildman–Crippen MR) is 111 cm³/mol. The van der Waals surface area contributed by atoms with Crippen LogP contribution in [0.25, 0.3) is 0 Å². The van der Waals surface area contributed by atoms with Crippen molar-refractivity contribution in [1.82, 2.24) is 4.90 Å². The number of hydrogen-bond donors (Lipinski definition) is 2. The van der Waals surface area contributed by atoms with Gasteiger partial charge in [0.2, 0.25) is 0 Å². The van der Waals surface area contributed by atoms with Gasteiger partial charge in [-0.05, 0) is 62.4 Å². The molecule has 2 aromatic carbocycles. The Morgan fingerprint density at radius 1 is 1.07 bits per heavy atom. The van der Waals surface area contributed by atoms with E-state index in [9.17, 15) is 10.2 Å². The van der Waals surface area contributed by atoms with Gasteiger partial charge in [-0.2, -0.15) is 0 Å². The predicted octanol–water partition coefficient (Wildman–Crippen LogP) is 4.00. The summed E-state index contributed by atoms with van der Waals surface area (Å²) in [6.07, 6.45) is 1.46. The first kappa shape index (κ1) is 19.4. The van der Waals surface area contributed by atoms with Gasteiger partial charge in [0.05, 0.1) is 12.2 Å². The van der Waals surface area contributed by atoms with Crippen LogP contribution in [0.2, 0.25) is 0 Å². The summed E-state index contributed by atoms with van der Waals surface area (Å²) < 4.78 is 6.47. The molecule has 2 heterocycles. The van der Waals surface area contributed by atoms with Gasteiger partial charge in [0.1, 0.15) is 11.4 Å². The molecule has 0 saturated carbocycles. The minimum atomic E-state index is -0.473. The van der Waals surface area contributed by atoms with Crippen LogP contribution in [0.15, 0.2) is 36.4 Å². The first-order chi connectivity index (χ1) is 13.3. The van der Waals surface area contributed by atoms with Gasteiger partial charge in [0.15, 0.2) is 0 Å². The third kappa shape index (κ3) is 3.82. The van der Waals surface area contributed by atoms with Gasteiger partial charge >= 0.3 is 0 Å².